The van der Waals surface area contributed by atoms with Crippen LogP contribution < -0.4 is 5.73 Å². The van der Waals surface area contributed by atoms with Crippen LogP contribution in [0.15, 0.2) is 10.5 Å². The second kappa shape index (κ2) is 3.45. The molecule has 0 heterocycles. The first-order valence-corrected chi connectivity index (χ1v) is 3.89. The quantitative estimate of drug-likeness (QED) is 0.591. The Bertz CT molecular complexity index is 314. The van der Waals surface area contributed by atoms with E-state index >= 15 is 0 Å². The Kier molecular flexibility index (Phi) is 2.74. The Hall–Kier alpha value is -0.550. The Morgan fingerprint density at radius 2 is 1.75 bits per heavy atom. The molecule has 0 amide bonds. The molecule has 2 N–H and O–H groups in total. The Morgan fingerprint density at radius 1 is 1.17 bits per heavy atom. The molecule has 12 heavy (non-hydrogen) atoms. The second-order valence-corrected chi connectivity index (χ2v) is 3.02. The number of rotatable bonds is 1. The van der Waals surface area contributed by atoms with Crippen molar-refractivity contribution in [1.29, 1.82) is 0 Å². The summed E-state index contributed by atoms with van der Waals surface area (Å²) in [5.41, 5.74) is 5.03. The van der Waals surface area contributed by atoms with E-state index in [0.29, 0.717) is 0 Å². The molecular formula is C7H5BrF3N. The largest absolute Gasteiger partial charge is 0.326 e. The summed E-state index contributed by atoms with van der Waals surface area (Å²) in [6.07, 6.45) is 0. The van der Waals surface area contributed by atoms with E-state index < -0.39 is 17.5 Å². The van der Waals surface area contributed by atoms with Crippen molar-refractivity contribution in [1.82, 2.24) is 0 Å². The minimum atomic E-state index is -1.50. The average Bonchev–Trinajstić information content (AvgIpc) is 2.08. The van der Waals surface area contributed by atoms with Gasteiger partial charge in [0.25, 0.3) is 0 Å². The van der Waals surface area contributed by atoms with Gasteiger partial charge in [0, 0.05) is 12.1 Å². The number of benzene rings is 1. The number of nitrogens with two attached hydrogens (primary N) is 1. The van der Waals surface area contributed by atoms with Crippen LogP contribution in [0, 0.1) is 17.5 Å². The van der Waals surface area contributed by atoms with Crippen LogP contribution in [0.5, 0.6) is 0 Å². The van der Waals surface area contributed by atoms with Crippen molar-refractivity contribution in [2.75, 3.05) is 0 Å². The zero-order chi connectivity index (χ0) is 9.30. The molecular weight excluding hydrogens is 235 g/mol. The van der Waals surface area contributed by atoms with Gasteiger partial charge in [-0.3, -0.25) is 0 Å². The zero-order valence-corrected chi connectivity index (χ0v) is 7.46. The standard InChI is InChI=1S/C7H5BrF3N/c8-4-1-3(2-12)5(9)7(11)6(4)10/h1H,2,12H2. The molecule has 0 aliphatic heterocycles. The number of hydrogen-bond donors (Lipinski definition) is 1. The van der Waals surface area contributed by atoms with Gasteiger partial charge in [0.1, 0.15) is 0 Å². The SMILES string of the molecule is NCc1cc(Br)c(F)c(F)c1F. The first kappa shape index (κ1) is 9.54. The molecule has 0 aliphatic rings. The summed E-state index contributed by atoms with van der Waals surface area (Å²) in [4.78, 5) is 0. The highest BCUT2D eigenvalue weighted by molar-refractivity contribution is 9.10. The second-order valence-electron chi connectivity index (χ2n) is 2.16. The zero-order valence-electron chi connectivity index (χ0n) is 5.87. The fourth-order valence-corrected chi connectivity index (χ4v) is 1.22. The van der Waals surface area contributed by atoms with E-state index in [-0.39, 0.29) is 16.6 Å². The maximum absolute atomic E-state index is 12.7. The van der Waals surface area contributed by atoms with E-state index in [1.807, 2.05) is 0 Å². The highest BCUT2D eigenvalue weighted by Gasteiger charge is 2.15. The molecule has 1 nitrogen and oxygen atoms in total. The third-order valence-electron chi connectivity index (χ3n) is 1.40. The van der Waals surface area contributed by atoms with Gasteiger partial charge < -0.3 is 5.73 Å². The third-order valence-corrected chi connectivity index (χ3v) is 1.97. The fourth-order valence-electron chi connectivity index (χ4n) is 0.770. The minimum Gasteiger partial charge on any atom is -0.326 e. The number of halogens is 4. The van der Waals surface area contributed by atoms with Gasteiger partial charge in [-0.2, -0.15) is 0 Å². The monoisotopic (exact) mass is 239 g/mol. The third kappa shape index (κ3) is 1.47. The van der Waals surface area contributed by atoms with E-state index in [2.05, 4.69) is 15.9 Å². The summed E-state index contributed by atoms with van der Waals surface area (Å²) in [5.74, 6) is -3.95. The van der Waals surface area contributed by atoms with Crippen molar-refractivity contribution in [3.8, 4) is 0 Å². The highest BCUT2D eigenvalue weighted by Crippen LogP contribution is 2.23. The summed E-state index contributed by atoms with van der Waals surface area (Å²) in [7, 11) is 0. The van der Waals surface area contributed by atoms with Crippen molar-refractivity contribution in [2.45, 2.75) is 6.54 Å². The van der Waals surface area contributed by atoms with Crippen molar-refractivity contribution in [3.63, 3.8) is 0 Å². The molecule has 0 radical (unpaired) electrons. The molecule has 0 unspecified atom stereocenters. The van der Waals surface area contributed by atoms with Crippen LogP contribution >= 0.6 is 15.9 Å². The first-order chi connectivity index (χ1) is 5.57. The Morgan fingerprint density at radius 3 is 2.25 bits per heavy atom. The average molecular weight is 240 g/mol. The smallest absolute Gasteiger partial charge is 0.195 e. The van der Waals surface area contributed by atoms with E-state index in [9.17, 15) is 13.2 Å². The molecule has 0 spiro atoms. The van der Waals surface area contributed by atoms with Crippen molar-refractivity contribution in [3.05, 3.63) is 33.6 Å². The van der Waals surface area contributed by atoms with Gasteiger partial charge in [0.2, 0.25) is 0 Å². The normalized spacial score (nSPS) is 10.4. The summed E-state index contributed by atoms with van der Waals surface area (Å²) < 4.78 is 37.8. The molecule has 5 heteroatoms. The maximum Gasteiger partial charge on any atom is 0.195 e. The molecule has 1 rings (SSSR count). The van der Waals surface area contributed by atoms with Gasteiger partial charge >= 0.3 is 0 Å². The topological polar surface area (TPSA) is 26.0 Å². The Labute approximate surface area is 75.5 Å². The summed E-state index contributed by atoms with van der Waals surface area (Å²) in [6, 6.07) is 1.12. The first-order valence-electron chi connectivity index (χ1n) is 3.10. The maximum atomic E-state index is 12.7. The van der Waals surface area contributed by atoms with Crippen LogP contribution in [0.4, 0.5) is 13.2 Å². The summed E-state index contributed by atoms with van der Waals surface area (Å²) >= 11 is 2.73. The van der Waals surface area contributed by atoms with Crippen LogP contribution in [-0.4, -0.2) is 0 Å². The van der Waals surface area contributed by atoms with Gasteiger partial charge in [-0.15, -0.1) is 0 Å². The lowest BCUT2D eigenvalue weighted by Gasteiger charge is -2.03. The molecule has 1 aromatic carbocycles. The van der Waals surface area contributed by atoms with Gasteiger partial charge in [0.15, 0.2) is 17.5 Å². The van der Waals surface area contributed by atoms with E-state index in [1.54, 1.807) is 0 Å². The van der Waals surface area contributed by atoms with Crippen molar-refractivity contribution >= 4 is 15.9 Å². The minimum absolute atomic E-state index is 0.0548. The highest BCUT2D eigenvalue weighted by atomic mass is 79.9. The molecule has 0 atom stereocenters. The van der Waals surface area contributed by atoms with Gasteiger partial charge in [-0.05, 0) is 22.0 Å². The van der Waals surface area contributed by atoms with Gasteiger partial charge in [-0.1, -0.05) is 0 Å². The Balaban J connectivity index is 3.39. The summed E-state index contributed by atoms with van der Waals surface area (Å²) in [5, 5.41) is 0. The molecule has 0 saturated heterocycles. The molecule has 1 aromatic rings. The van der Waals surface area contributed by atoms with Crippen molar-refractivity contribution < 1.29 is 13.2 Å². The molecule has 0 fully saturated rings. The molecule has 0 aliphatic carbocycles. The predicted octanol–water partition coefficient (Wildman–Crippen LogP) is 2.33. The van der Waals surface area contributed by atoms with Gasteiger partial charge in [0.05, 0.1) is 4.47 Å². The van der Waals surface area contributed by atoms with Crippen LogP contribution in [-0.2, 0) is 6.54 Å². The fraction of sp³-hybridized carbons (Fsp3) is 0.143. The summed E-state index contributed by atoms with van der Waals surface area (Å²) in [6.45, 7) is -0.165. The van der Waals surface area contributed by atoms with Gasteiger partial charge in [-0.25, -0.2) is 13.2 Å². The lowest BCUT2D eigenvalue weighted by molar-refractivity contribution is 0.438. The lowest BCUT2D eigenvalue weighted by atomic mass is 10.2. The van der Waals surface area contributed by atoms with E-state index in [0.717, 1.165) is 6.07 Å². The number of hydrogen-bond acceptors (Lipinski definition) is 1. The van der Waals surface area contributed by atoms with E-state index in [1.165, 1.54) is 0 Å². The van der Waals surface area contributed by atoms with Crippen LogP contribution in [0.3, 0.4) is 0 Å². The molecule has 66 valence electrons. The molecule has 0 saturated carbocycles. The van der Waals surface area contributed by atoms with Crippen LogP contribution in [0.25, 0.3) is 0 Å². The van der Waals surface area contributed by atoms with Crippen molar-refractivity contribution in [2.24, 2.45) is 5.73 Å². The lowest BCUT2D eigenvalue weighted by Crippen LogP contribution is -2.04. The van der Waals surface area contributed by atoms with Crippen LogP contribution in [0.2, 0.25) is 0 Å². The van der Waals surface area contributed by atoms with Crippen LogP contribution in [0.1, 0.15) is 5.56 Å². The van der Waals surface area contributed by atoms with E-state index in [4.69, 9.17) is 5.73 Å². The molecule has 0 aromatic heterocycles. The predicted molar refractivity (Wildman–Crippen MR) is 41.9 cm³/mol. The molecule has 0 bridgehead atoms.